The van der Waals surface area contributed by atoms with Crippen molar-refractivity contribution in [3.8, 4) is 5.75 Å². The second-order valence-corrected chi connectivity index (χ2v) is 6.70. The number of benzene rings is 2. The molecular formula is C15H7Cl5F3NO2. The van der Waals surface area contributed by atoms with E-state index in [0.29, 0.717) is 0 Å². The van der Waals surface area contributed by atoms with E-state index in [-0.39, 0.29) is 36.6 Å². The Morgan fingerprint density at radius 2 is 1.50 bits per heavy atom. The third-order valence-electron chi connectivity index (χ3n) is 2.99. The molecule has 0 heterocycles. The van der Waals surface area contributed by atoms with Crippen molar-refractivity contribution < 1.29 is 22.7 Å². The number of halogens is 8. The smallest absolute Gasteiger partial charge is 0.416 e. The van der Waals surface area contributed by atoms with Crippen molar-refractivity contribution in [1.29, 1.82) is 0 Å². The Morgan fingerprint density at radius 1 is 0.962 bits per heavy atom. The number of alkyl halides is 3. The predicted octanol–water partition coefficient (Wildman–Crippen LogP) is 6.99. The molecule has 0 aliphatic rings. The van der Waals surface area contributed by atoms with Crippen molar-refractivity contribution >= 4 is 69.6 Å². The van der Waals surface area contributed by atoms with Gasteiger partial charge in [-0.25, -0.2) is 0 Å². The van der Waals surface area contributed by atoms with Gasteiger partial charge in [0.2, 0.25) is 0 Å². The Balaban J connectivity index is 2.11. The summed E-state index contributed by atoms with van der Waals surface area (Å²) in [7, 11) is 0. The number of hydrogen-bond donors (Lipinski definition) is 1. The maximum Gasteiger partial charge on any atom is 0.416 e. The molecule has 0 saturated carbocycles. The SMILES string of the molecule is O=C(COc1c(Cl)c(Cl)c(Cl)c(Cl)c1Cl)Nc1cccc(C(F)(F)F)c1. The largest absolute Gasteiger partial charge is 0.481 e. The van der Waals surface area contributed by atoms with E-state index in [0.717, 1.165) is 18.2 Å². The third-order valence-corrected chi connectivity index (χ3v) is 5.23. The fourth-order valence-electron chi connectivity index (χ4n) is 1.82. The first-order valence-corrected chi connectivity index (χ1v) is 8.52. The first-order chi connectivity index (χ1) is 12.0. The van der Waals surface area contributed by atoms with E-state index in [1.807, 2.05) is 0 Å². The lowest BCUT2D eigenvalue weighted by molar-refractivity contribution is -0.137. The van der Waals surface area contributed by atoms with Crippen molar-refractivity contribution in [2.45, 2.75) is 6.18 Å². The van der Waals surface area contributed by atoms with E-state index in [4.69, 9.17) is 62.7 Å². The number of rotatable bonds is 4. The maximum absolute atomic E-state index is 12.7. The summed E-state index contributed by atoms with van der Waals surface area (Å²) in [6, 6.07) is 4.12. The van der Waals surface area contributed by atoms with Gasteiger partial charge in [-0.05, 0) is 18.2 Å². The molecule has 0 aromatic heterocycles. The van der Waals surface area contributed by atoms with Gasteiger partial charge in [-0.15, -0.1) is 0 Å². The third kappa shape index (κ3) is 4.81. The van der Waals surface area contributed by atoms with Gasteiger partial charge in [0.15, 0.2) is 12.4 Å². The van der Waals surface area contributed by atoms with Crippen LogP contribution in [0.5, 0.6) is 5.75 Å². The minimum Gasteiger partial charge on any atom is -0.481 e. The standard InChI is InChI=1S/C15H7Cl5F3NO2/c16-9-10(17)12(19)14(13(20)11(9)18)26-5-8(25)24-7-3-1-2-6(4-7)15(21,22)23/h1-4H,5H2,(H,24,25). The molecule has 0 aliphatic carbocycles. The van der Waals surface area contributed by atoms with E-state index in [1.54, 1.807) is 0 Å². The highest BCUT2D eigenvalue weighted by Gasteiger charge is 2.30. The number of ether oxygens (including phenoxy) is 1. The Morgan fingerprint density at radius 3 is 2.04 bits per heavy atom. The first kappa shape index (κ1) is 21.3. The van der Waals surface area contributed by atoms with E-state index in [1.165, 1.54) is 6.07 Å². The molecular weight excluding hydrogens is 460 g/mol. The average molecular weight is 467 g/mol. The summed E-state index contributed by atoms with van der Waals surface area (Å²) in [5.74, 6) is -0.925. The van der Waals surface area contributed by atoms with Gasteiger partial charge in [0.05, 0.1) is 20.6 Å². The molecule has 2 rings (SSSR count). The molecule has 0 aliphatic heterocycles. The summed E-state index contributed by atoms with van der Waals surface area (Å²) in [4.78, 5) is 11.9. The quantitative estimate of drug-likeness (QED) is 0.389. The zero-order chi connectivity index (χ0) is 19.6. The summed E-state index contributed by atoms with van der Waals surface area (Å²) in [5, 5.41) is 1.64. The molecule has 0 fully saturated rings. The minimum absolute atomic E-state index is 0.0576. The summed E-state index contributed by atoms with van der Waals surface area (Å²) >= 11 is 29.5. The van der Waals surface area contributed by atoms with Gasteiger partial charge >= 0.3 is 6.18 Å². The molecule has 0 bridgehead atoms. The van der Waals surface area contributed by atoms with E-state index in [9.17, 15) is 18.0 Å². The lowest BCUT2D eigenvalue weighted by Crippen LogP contribution is -2.20. The summed E-state index contributed by atoms with van der Waals surface area (Å²) in [6.45, 7) is -0.607. The molecule has 140 valence electrons. The van der Waals surface area contributed by atoms with Crippen molar-refractivity contribution in [2.75, 3.05) is 11.9 Å². The highest BCUT2D eigenvalue weighted by atomic mass is 35.5. The van der Waals surface area contributed by atoms with Crippen LogP contribution in [0.2, 0.25) is 25.1 Å². The van der Waals surface area contributed by atoms with E-state index >= 15 is 0 Å². The Labute approximate surface area is 170 Å². The molecule has 26 heavy (non-hydrogen) atoms. The molecule has 3 nitrogen and oxygen atoms in total. The normalized spacial score (nSPS) is 11.4. The maximum atomic E-state index is 12.7. The van der Waals surface area contributed by atoms with Crippen LogP contribution in [0.3, 0.4) is 0 Å². The summed E-state index contributed by atoms with van der Waals surface area (Å²) in [6.07, 6.45) is -4.53. The van der Waals surface area contributed by atoms with Crippen molar-refractivity contribution in [2.24, 2.45) is 0 Å². The van der Waals surface area contributed by atoms with Gasteiger partial charge in [-0.2, -0.15) is 13.2 Å². The lowest BCUT2D eigenvalue weighted by atomic mass is 10.2. The number of carbonyl (C=O) groups is 1. The monoisotopic (exact) mass is 465 g/mol. The number of amides is 1. The molecule has 0 spiro atoms. The van der Waals surface area contributed by atoms with Crippen molar-refractivity contribution in [1.82, 2.24) is 0 Å². The average Bonchev–Trinajstić information content (AvgIpc) is 2.57. The number of nitrogens with one attached hydrogen (secondary N) is 1. The molecule has 1 amide bonds. The zero-order valence-electron chi connectivity index (χ0n) is 12.4. The molecule has 2 aromatic carbocycles. The van der Waals surface area contributed by atoms with Crippen LogP contribution < -0.4 is 10.1 Å². The molecule has 0 radical (unpaired) electrons. The van der Waals surface area contributed by atoms with Crippen LogP contribution >= 0.6 is 58.0 Å². The molecule has 1 N–H and O–H groups in total. The lowest BCUT2D eigenvalue weighted by Gasteiger charge is -2.14. The van der Waals surface area contributed by atoms with Crippen LogP contribution in [-0.2, 0) is 11.0 Å². The van der Waals surface area contributed by atoms with Crippen LogP contribution in [-0.4, -0.2) is 12.5 Å². The fraction of sp³-hybridized carbons (Fsp3) is 0.133. The predicted molar refractivity (Wildman–Crippen MR) is 97.1 cm³/mol. The fourth-order valence-corrected chi connectivity index (χ4v) is 3.05. The second kappa shape index (κ2) is 8.31. The molecule has 11 heteroatoms. The second-order valence-electron chi connectivity index (χ2n) is 4.81. The van der Waals surface area contributed by atoms with Crippen molar-refractivity contribution in [3.05, 3.63) is 54.9 Å². The minimum atomic E-state index is -4.53. The van der Waals surface area contributed by atoms with Gasteiger partial charge in [0.25, 0.3) is 5.91 Å². The van der Waals surface area contributed by atoms with E-state index in [2.05, 4.69) is 5.32 Å². The van der Waals surface area contributed by atoms with Gasteiger partial charge < -0.3 is 10.1 Å². The van der Waals surface area contributed by atoms with Crippen LogP contribution in [0.1, 0.15) is 5.56 Å². The number of anilines is 1. The molecule has 0 atom stereocenters. The number of carbonyl (C=O) groups excluding carboxylic acids is 1. The van der Waals surface area contributed by atoms with Crippen molar-refractivity contribution in [3.63, 3.8) is 0 Å². The highest BCUT2D eigenvalue weighted by molar-refractivity contribution is 6.55. The topological polar surface area (TPSA) is 38.3 Å². The molecule has 0 saturated heterocycles. The van der Waals surface area contributed by atoms with E-state index < -0.39 is 24.3 Å². The summed E-state index contributed by atoms with van der Waals surface area (Å²) in [5.41, 5.74) is -0.962. The van der Waals surface area contributed by atoms with Gasteiger partial charge in [0.1, 0.15) is 10.0 Å². The number of hydrogen-bond acceptors (Lipinski definition) is 2. The van der Waals surface area contributed by atoms with Gasteiger partial charge in [0, 0.05) is 5.69 Å². The molecule has 2 aromatic rings. The van der Waals surface area contributed by atoms with Crippen LogP contribution in [0.4, 0.5) is 18.9 Å². The Kier molecular flexibility index (Phi) is 6.80. The van der Waals surface area contributed by atoms with Crippen LogP contribution in [0, 0.1) is 0 Å². The van der Waals surface area contributed by atoms with Gasteiger partial charge in [-0.3, -0.25) is 4.79 Å². The van der Waals surface area contributed by atoms with Gasteiger partial charge in [-0.1, -0.05) is 64.1 Å². The Hall–Kier alpha value is -1.05. The van der Waals surface area contributed by atoms with Crippen LogP contribution in [0.15, 0.2) is 24.3 Å². The van der Waals surface area contributed by atoms with Crippen LogP contribution in [0.25, 0.3) is 0 Å². The Bertz CT molecular complexity index is 829. The zero-order valence-corrected chi connectivity index (χ0v) is 16.1. The molecule has 0 unspecified atom stereocenters. The first-order valence-electron chi connectivity index (χ1n) is 6.63. The highest BCUT2D eigenvalue weighted by Crippen LogP contribution is 2.48. The summed E-state index contributed by atoms with van der Waals surface area (Å²) < 4.78 is 43.2.